The molecule has 0 amide bonds. The van der Waals surface area contributed by atoms with Crippen molar-refractivity contribution in [2.24, 2.45) is 0 Å². The van der Waals surface area contributed by atoms with E-state index in [1.165, 1.54) is 5.69 Å². The first kappa shape index (κ1) is 18.4. The van der Waals surface area contributed by atoms with E-state index in [2.05, 4.69) is 33.9 Å². The number of aromatic nitrogens is 1. The second-order valence-corrected chi connectivity index (χ2v) is 7.09. The molecular weight excluding hydrogens is 352 g/mol. The van der Waals surface area contributed by atoms with Crippen LogP contribution in [0.25, 0.3) is 0 Å². The summed E-state index contributed by atoms with van der Waals surface area (Å²) in [4.78, 5) is 2.41. The zero-order valence-corrected chi connectivity index (χ0v) is 16.3. The number of rotatable bonds is 5. The summed E-state index contributed by atoms with van der Waals surface area (Å²) >= 11 is 0. The summed E-state index contributed by atoms with van der Waals surface area (Å²) in [5, 5.41) is 10.3. The smallest absolute Gasteiger partial charge is 0.124 e. The van der Waals surface area contributed by atoms with Crippen LogP contribution in [-0.4, -0.2) is 35.3 Å². The van der Waals surface area contributed by atoms with Gasteiger partial charge in [0.2, 0.25) is 0 Å². The Morgan fingerprint density at radius 2 is 1.86 bits per heavy atom. The highest BCUT2D eigenvalue weighted by Gasteiger charge is 2.30. The van der Waals surface area contributed by atoms with Crippen LogP contribution in [0.5, 0.6) is 17.2 Å². The second-order valence-electron chi connectivity index (χ2n) is 7.09. The maximum Gasteiger partial charge on any atom is 0.124 e. The number of methoxy groups -OCH3 is 2. The predicted octanol–water partition coefficient (Wildman–Crippen LogP) is 4.21. The molecule has 0 saturated carbocycles. The molecule has 3 aromatic rings. The predicted molar refractivity (Wildman–Crippen MR) is 109 cm³/mol. The molecule has 146 valence electrons. The monoisotopic (exact) mass is 378 g/mol. The van der Waals surface area contributed by atoms with E-state index in [0.717, 1.165) is 42.1 Å². The molecule has 1 aromatic heterocycles. The average molecular weight is 378 g/mol. The van der Waals surface area contributed by atoms with Crippen LogP contribution in [0.1, 0.15) is 29.3 Å². The van der Waals surface area contributed by atoms with Crippen molar-refractivity contribution in [1.82, 2.24) is 9.47 Å². The Labute approximate surface area is 165 Å². The minimum atomic E-state index is 0.00200. The number of fused-ring (bicyclic) bond motifs is 1. The average Bonchev–Trinajstić information content (AvgIpc) is 3.10. The summed E-state index contributed by atoms with van der Waals surface area (Å²) in [5.74, 6) is 1.97. The lowest BCUT2D eigenvalue weighted by Gasteiger charge is -2.32. The molecule has 5 heteroatoms. The molecule has 0 aliphatic carbocycles. The normalized spacial score (nSPS) is 17.0. The molecule has 0 bridgehead atoms. The fraction of sp³-hybridized carbons (Fsp3) is 0.304. The summed E-state index contributed by atoms with van der Waals surface area (Å²) in [6.07, 6.45) is 3.18. The number of phenolic OH excluding ortho intramolecular Hbond substituents is 1. The Balaban J connectivity index is 1.82. The topological polar surface area (TPSA) is 46.9 Å². The van der Waals surface area contributed by atoms with E-state index in [4.69, 9.17) is 9.47 Å². The van der Waals surface area contributed by atoms with E-state index < -0.39 is 0 Å². The summed E-state index contributed by atoms with van der Waals surface area (Å²) in [6.45, 7) is 2.55. The van der Waals surface area contributed by atoms with Crippen molar-refractivity contribution >= 4 is 0 Å². The lowest BCUT2D eigenvalue weighted by Crippen LogP contribution is -2.30. The summed E-state index contributed by atoms with van der Waals surface area (Å²) in [6, 6.07) is 17.8. The number of para-hydroxylation sites is 1. The summed E-state index contributed by atoms with van der Waals surface area (Å²) < 4.78 is 13.5. The molecule has 0 radical (unpaired) electrons. The molecule has 0 spiro atoms. The maximum atomic E-state index is 10.3. The Morgan fingerprint density at radius 1 is 1.00 bits per heavy atom. The molecule has 1 unspecified atom stereocenters. The third-order valence-corrected chi connectivity index (χ3v) is 5.45. The molecule has 0 saturated heterocycles. The van der Waals surface area contributed by atoms with Gasteiger partial charge in [0.15, 0.2) is 0 Å². The van der Waals surface area contributed by atoms with Crippen molar-refractivity contribution in [3.63, 3.8) is 0 Å². The van der Waals surface area contributed by atoms with Gasteiger partial charge in [0, 0.05) is 42.7 Å². The minimum absolute atomic E-state index is 0.00200. The zero-order chi connectivity index (χ0) is 19.5. The number of hydrogen-bond acceptors (Lipinski definition) is 4. The van der Waals surface area contributed by atoms with E-state index in [1.807, 2.05) is 30.3 Å². The minimum Gasteiger partial charge on any atom is -0.508 e. The van der Waals surface area contributed by atoms with Crippen LogP contribution < -0.4 is 9.47 Å². The summed E-state index contributed by atoms with van der Waals surface area (Å²) in [5.41, 5.74) is 3.22. The van der Waals surface area contributed by atoms with Gasteiger partial charge in [-0.1, -0.05) is 18.2 Å². The van der Waals surface area contributed by atoms with E-state index in [0.29, 0.717) is 12.3 Å². The van der Waals surface area contributed by atoms with E-state index in [-0.39, 0.29) is 6.04 Å². The molecular formula is C23H26N2O3. The van der Waals surface area contributed by atoms with Gasteiger partial charge in [0.1, 0.15) is 17.2 Å². The van der Waals surface area contributed by atoms with Crippen molar-refractivity contribution in [3.05, 3.63) is 77.6 Å². The lowest BCUT2D eigenvalue weighted by atomic mass is 9.99. The highest BCUT2D eigenvalue weighted by atomic mass is 16.5. The first-order valence-electron chi connectivity index (χ1n) is 9.59. The van der Waals surface area contributed by atoms with Gasteiger partial charge in [-0.25, -0.2) is 0 Å². The molecule has 4 rings (SSSR count). The molecule has 2 heterocycles. The third kappa shape index (κ3) is 3.45. The maximum absolute atomic E-state index is 10.3. The van der Waals surface area contributed by atoms with E-state index in [9.17, 15) is 5.11 Å². The van der Waals surface area contributed by atoms with Gasteiger partial charge < -0.3 is 19.1 Å². The molecule has 1 aliphatic rings. The van der Waals surface area contributed by atoms with Crippen molar-refractivity contribution < 1.29 is 14.6 Å². The number of benzene rings is 2. The molecule has 1 N–H and O–H groups in total. The van der Waals surface area contributed by atoms with Gasteiger partial charge in [-0.3, -0.25) is 4.90 Å². The van der Waals surface area contributed by atoms with Gasteiger partial charge in [-0.2, -0.15) is 0 Å². The number of hydrogen-bond donors (Lipinski definition) is 1. The van der Waals surface area contributed by atoms with Gasteiger partial charge in [-0.15, -0.1) is 0 Å². The van der Waals surface area contributed by atoms with Crippen LogP contribution in [0, 0.1) is 0 Å². The number of aryl methyl sites for hydroxylation is 1. The zero-order valence-electron chi connectivity index (χ0n) is 16.3. The fourth-order valence-electron chi connectivity index (χ4n) is 4.08. The highest BCUT2D eigenvalue weighted by Crippen LogP contribution is 2.39. The number of phenols is 1. The first-order valence-corrected chi connectivity index (χ1v) is 9.59. The highest BCUT2D eigenvalue weighted by molar-refractivity contribution is 5.46. The molecule has 1 atom stereocenters. The molecule has 5 nitrogen and oxygen atoms in total. The Kier molecular flexibility index (Phi) is 5.26. The van der Waals surface area contributed by atoms with Crippen LogP contribution in [-0.2, 0) is 13.1 Å². The molecule has 2 aromatic carbocycles. The van der Waals surface area contributed by atoms with Crippen LogP contribution in [0.3, 0.4) is 0 Å². The van der Waals surface area contributed by atoms with Crippen LogP contribution >= 0.6 is 0 Å². The van der Waals surface area contributed by atoms with Gasteiger partial charge in [0.25, 0.3) is 0 Å². The molecule has 0 fully saturated rings. The van der Waals surface area contributed by atoms with Crippen molar-refractivity contribution in [3.8, 4) is 17.2 Å². The Morgan fingerprint density at radius 3 is 2.64 bits per heavy atom. The quantitative estimate of drug-likeness (QED) is 0.723. The molecule has 1 aliphatic heterocycles. The van der Waals surface area contributed by atoms with Crippen molar-refractivity contribution in [2.45, 2.75) is 25.6 Å². The number of aromatic hydroxyl groups is 1. The third-order valence-electron chi connectivity index (χ3n) is 5.45. The number of ether oxygens (including phenoxy) is 2. The van der Waals surface area contributed by atoms with Crippen LogP contribution in [0.2, 0.25) is 0 Å². The fourth-order valence-corrected chi connectivity index (χ4v) is 4.08. The first-order chi connectivity index (χ1) is 13.7. The van der Waals surface area contributed by atoms with E-state index in [1.54, 1.807) is 20.3 Å². The van der Waals surface area contributed by atoms with Gasteiger partial charge >= 0.3 is 0 Å². The van der Waals surface area contributed by atoms with Gasteiger partial charge in [0.05, 0.1) is 20.3 Å². The van der Waals surface area contributed by atoms with Crippen molar-refractivity contribution in [1.29, 1.82) is 0 Å². The van der Waals surface area contributed by atoms with Crippen LogP contribution in [0.4, 0.5) is 0 Å². The van der Waals surface area contributed by atoms with Crippen LogP contribution in [0.15, 0.2) is 60.8 Å². The van der Waals surface area contributed by atoms with E-state index >= 15 is 0 Å². The summed E-state index contributed by atoms with van der Waals surface area (Å²) in [7, 11) is 3.38. The standard InChI is InChI=1S/C23H26N2O3/c1-27-18-10-11-22(28-2)19(15-18)23-20-8-5-12-24(20)13-6-14-25(23)16-17-7-3-4-9-21(17)26/h3-5,7-12,15,23,26H,6,13-14,16H2,1-2H3. The van der Waals surface area contributed by atoms with Crippen molar-refractivity contribution in [2.75, 3.05) is 20.8 Å². The Hall–Kier alpha value is -2.92. The lowest BCUT2D eigenvalue weighted by molar-refractivity contribution is 0.213. The van der Waals surface area contributed by atoms with Gasteiger partial charge in [-0.05, 0) is 42.8 Å². The molecule has 28 heavy (non-hydrogen) atoms. The number of nitrogens with zero attached hydrogens (tertiary/aromatic N) is 2. The second kappa shape index (κ2) is 7.98. The SMILES string of the molecule is COc1ccc(OC)c(C2c3cccn3CCCN2Cc2ccccc2O)c1. The Bertz CT molecular complexity index is 951. The largest absolute Gasteiger partial charge is 0.508 e.